The molecule has 0 amide bonds. The van der Waals surface area contributed by atoms with Crippen molar-refractivity contribution in [3.63, 3.8) is 0 Å². The van der Waals surface area contributed by atoms with E-state index in [1.807, 2.05) is 32.0 Å². The Labute approximate surface area is 132 Å². The second kappa shape index (κ2) is 8.18. The Balaban J connectivity index is 2.98. The van der Waals surface area contributed by atoms with Gasteiger partial charge in [0, 0.05) is 16.0 Å². The van der Waals surface area contributed by atoms with Crippen LogP contribution >= 0.6 is 39.3 Å². The molecule has 106 valence electrons. The van der Waals surface area contributed by atoms with Gasteiger partial charge in [-0.25, -0.2) is 0 Å². The monoisotopic (exact) mass is 364 g/mol. The minimum Gasteiger partial charge on any atom is -0.469 e. The molecular formula is C14H18BrClO2S. The van der Waals surface area contributed by atoms with Gasteiger partial charge >= 0.3 is 5.97 Å². The van der Waals surface area contributed by atoms with Crippen molar-refractivity contribution in [3.8, 4) is 0 Å². The fourth-order valence-corrected chi connectivity index (χ4v) is 3.63. The van der Waals surface area contributed by atoms with Crippen molar-refractivity contribution in [1.29, 1.82) is 0 Å². The molecule has 19 heavy (non-hydrogen) atoms. The van der Waals surface area contributed by atoms with Gasteiger partial charge in [-0.2, -0.15) is 0 Å². The Bertz CT molecular complexity index is 439. The number of hydrogen-bond acceptors (Lipinski definition) is 3. The minimum absolute atomic E-state index is 0.0749. The van der Waals surface area contributed by atoms with E-state index in [9.17, 15) is 4.79 Å². The molecule has 0 heterocycles. The normalized spacial score (nSPS) is 13.9. The van der Waals surface area contributed by atoms with E-state index in [0.717, 1.165) is 27.1 Å². The highest BCUT2D eigenvalue weighted by molar-refractivity contribution is 9.09. The van der Waals surface area contributed by atoms with Gasteiger partial charge in [-0.3, -0.25) is 4.79 Å². The fraction of sp³-hybridized carbons (Fsp3) is 0.500. The van der Waals surface area contributed by atoms with Crippen LogP contribution in [0.25, 0.3) is 0 Å². The molecule has 2 unspecified atom stereocenters. The summed E-state index contributed by atoms with van der Waals surface area (Å²) in [6.45, 7) is 3.92. The number of carbonyl (C=O) groups excluding carboxylic acids is 1. The Morgan fingerprint density at radius 3 is 2.79 bits per heavy atom. The van der Waals surface area contributed by atoms with E-state index in [-0.39, 0.29) is 17.3 Å². The summed E-state index contributed by atoms with van der Waals surface area (Å²) in [6, 6.07) is 6.00. The van der Waals surface area contributed by atoms with Crippen LogP contribution in [0.2, 0.25) is 0 Å². The highest BCUT2D eigenvalue weighted by atomic mass is 79.9. The number of benzene rings is 1. The van der Waals surface area contributed by atoms with Crippen LogP contribution in [0.5, 0.6) is 0 Å². The zero-order valence-corrected chi connectivity index (χ0v) is 14.4. The van der Waals surface area contributed by atoms with Crippen LogP contribution in [-0.2, 0) is 9.53 Å². The van der Waals surface area contributed by atoms with Crippen LogP contribution in [0.3, 0.4) is 0 Å². The molecule has 2 atom stereocenters. The minimum atomic E-state index is -0.259. The Hall–Kier alpha value is -0.190. The maximum atomic E-state index is 11.7. The molecule has 0 fully saturated rings. The molecule has 1 aromatic carbocycles. The van der Waals surface area contributed by atoms with Gasteiger partial charge in [0.25, 0.3) is 0 Å². The van der Waals surface area contributed by atoms with Crippen LogP contribution in [-0.4, -0.2) is 29.5 Å². The Morgan fingerprint density at radius 2 is 2.21 bits per heavy atom. The summed E-state index contributed by atoms with van der Waals surface area (Å²) in [5, 5.41) is 0.834. The maximum Gasteiger partial charge on any atom is 0.312 e. The summed E-state index contributed by atoms with van der Waals surface area (Å²) in [5.74, 6) is 0.332. The lowest BCUT2D eigenvalue weighted by atomic mass is 9.99. The maximum absolute atomic E-state index is 11.7. The summed E-state index contributed by atoms with van der Waals surface area (Å²) < 4.78 is 4.83. The number of aryl methyl sites for hydroxylation is 1. The van der Waals surface area contributed by atoms with Gasteiger partial charge in [-0.05, 0) is 25.0 Å². The van der Waals surface area contributed by atoms with E-state index in [1.54, 1.807) is 11.8 Å². The van der Waals surface area contributed by atoms with E-state index < -0.39 is 0 Å². The van der Waals surface area contributed by atoms with Gasteiger partial charge in [-0.15, -0.1) is 23.4 Å². The third-order valence-corrected chi connectivity index (χ3v) is 5.90. The van der Waals surface area contributed by atoms with Crippen LogP contribution in [0, 0.1) is 6.92 Å². The predicted molar refractivity (Wildman–Crippen MR) is 85.8 cm³/mol. The molecule has 0 radical (unpaired) electrons. The molecule has 0 bridgehead atoms. The Morgan fingerprint density at radius 1 is 1.53 bits per heavy atom. The van der Waals surface area contributed by atoms with E-state index >= 15 is 0 Å². The number of ether oxygens (including phenoxy) is 1. The molecule has 1 aromatic rings. The van der Waals surface area contributed by atoms with Crippen molar-refractivity contribution in [2.45, 2.75) is 30.0 Å². The number of halogens is 2. The Kier molecular flexibility index (Phi) is 7.26. The molecule has 0 N–H and O–H groups in total. The number of rotatable bonds is 6. The fourth-order valence-electron chi connectivity index (χ4n) is 1.74. The zero-order chi connectivity index (χ0) is 14.4. The molecule has 0 spiro atoms. The number of hydrogen-bond donors (Lipinski definition) is 0. The quantitative estimate of drug-likeness (QED) is 0.425. The molecule has 0 aliphatic heterocycles. The third kappa shape index (κ3) is 4.69. The second-order valence-electron chi connectivity index (χ2n) is 4.30. The molecule has 2 nitrogen and oxygen atoms in total. The van der Waals surface area contributed by atoms with E-state index in [2.05, 4.69) is 15.9 Å². The number of alkyl halides is 2. The second-order valence-corrected chi connectivity index (χ2v) is 6.60. The van der Waals surface area contributed by atoms with Crippen LogP contribution in [0.1, 0.15) is 24.0 Å². The van der Waals surface area contributed by atoms with Gasteiger partial charge in [-0.1, -0.05) is 34.1 Å². The summed E-state index contributed by atoms with van der Waals surface area (Å²) in [6.07, 6.45) is 0. The highest BCUT2D eigenvalue weighted by Crippen LogP contribution is 2.33. The molecule has 1 rings (SSSR count). The average Bonchev–Trinajstić information content (AvgIpc) is 2.43. The molecule has 0 saturated heterocycles. The molecule has 5 heteroatoms. The smallest absolute Gasteiger partial charge is 0.312 e. The van der Waals surface area contributed by atoms with Crippen molar-refractivity contribution in [1.82, 2.24) is 0 Å². The first-order valence-electron chi connectivity index (χ1n) is 6.01. The lowest BCUT2D eigenvalue weighted by molar-refractivity contribution is -0.142. The summed E-state index contributed by atoms with van der Waals surface area (Å²) in [4.78, 5) is 12.8. The van der Waals surface area contributed by atoms with Crippen molar-refractivity contribution in [2.75, 3.05) is 18.2 Å². The largest absolute Gasteiger partial charge is 0.469 e. The van der Waals surface area contributed by atoms with Crippen molar-refractivity contribution >= 4 is 45.3 Å². The molecule has 0 aliphatic carbocycles. The molecule has 0 aliphatic rings. The van der Waals surface area contributed by atoms with Gasteiger partial charge in [0.05, 0.1) is 18.4 Å². The van der Waals surface area contributed by atoms with Crippen molar-refractivity contribution in [3.05, 3.63) is 29.3 Å². The van der Waals surface area contributed by atoms with Gasteiger partial charge in [0.2, 0.25) is 0 Å². The molecule has 0 aromatic heterocycles. The summed E-state index contributed by atoms with van der Waals surface area (Å²) >= 11 is 11.2. The van der Waals surface area contributed by atoms with Crippen molar-refractivity contribution in [2.24, 2.45) is 0 Å². The number of carbonyl (C=O) groups is 1. The average molecular weight is 366 g/mol. The number of methoxy groups -OCH3 is 1. The van der Waals surface area contributed by atoms with Gasteiger partial charge in [0.15, 0.2) is 0 Å². The van der Waals surface area contributed by atoms with E-state index in [1.165, 1.54) is 7.11 Å². The lowest BCUT2D eigenvalue weighted by Gasteiger charge is -2.17. The van der Waals surface area contributed by atoms with Crippen molar-refractivity contribution < 1.29 is 9.53 Å². The topological polar surface area (TPSA) is 26.3 Å². The molecular weight excluding hydrogens is 348 g/mol. The summed E-state index contributed by atoms with van der Waals surface area (Å²) in [5.41, 5.74) is 2.17. The van der Waals surface area contributed by atoms with Gasteiger partial charge < -0.3 is 4.74 Å². The predicted octanol–water partition coefficient (Wildman–Crippen LogP) is 4.37. The lowest BCUT2D eigenvalue weighted by Crippen LogP contribution is -2.12. The standard InChI is InChI=1S/C14H18BrClO2S/c1-9-5-4-6-12(10(2)14(17)18-3)13(9)19-8-11(16)7-15/h4-6,10-11H,7-8H2,1-3H3. The first kappa shape index (κ1) is 16.9. The number of thioether (sulfide) groups is 1. The number of esters is 1. The highest BCUT2D eigenvalue weighted by Gasteiger charge is 2.20. The van der Waals surface area contributed by atoms with E-state index in [4.69, 9.17) is 16.3 Å². The third-order valence-electron chi connectivity index (χ3n) is 2.84. The van der Waals surface area contributed by atoms with Gasteiger partial charge in [0.1, 0.15) is 0 Å². The first-order valence-corrected chi connectivity index (χ1v) is 8.55. The van der Waals surface area contributed by atoms with E-state index in [0.29, 0.717) is 0 Å². The zero-order valence-electron chi connectivity index (χ0n) is 11.3. The molecule has 0 saturated carbocycles. The first-order chi connectivity index (χ1) is 9.01. The van der Waals surface area contributed by atoms with Crippen LogP contribution < -0.4 is 0 Å². The summed E-state index contributed by atoms with van der Waals surface area (Å²) in [7, 11) is 1.42. The van der Waals surface area contributed by atoms with Crippen LogP contribution in [0.4, 0.5) is 0 Å². The van der Waals surface area contributed by atoms with Crippen LogP contribution in [0.15, 0.2) is 23.1 Å². The SMILES string of the molecule is COC(=O)C(C)c1cccc(C)c1SCC(Cl)CBr.